The molecule has 1 heterocycles. The van der Waals surface area contributed by atoms with Gasteiger partial charge in [0.15, 0.2) is 0 Å². The summed E-state index contributed by atoms with van der Waals surface area (Å²) in [5.41, 5.74) is 6.61. The van der Waals surface area contributed by atoms with Crippen LogP contribution < -0.4 is 11.1 Å². The summed E-state index contributed by atoms with van der Waals surface area (Å²) in [6, 6.07) is 9.46. The van der Waals surface area contributed by atoms with Gasteiger partial charge in [0.25, 0.3) is 0 Å². The van der Waals surface area contributed by atoms with E-state index in [1.165, 1.54) is 9.75 Å². The summed E-state index contributed by atoms with van der Waals surface area (Å²) in [6.07, 6.45) is 1.07. The standard InChI is InChI=1S/C15H17ClN2OS/c1-2-12-5-6-13(20-12)9-18-8-11-4-3-10(15(17)19)7-14(11)16/h3-7,18H,2,8-9H2,1H3,(H2,17,19). The molecule has 3 nitrogen and oxygen atoms in total. The highest BCUT2D eigenvalue weighted by atomic mass is 35.5. The fraction of sp³-hybridized carbons (Fsp3) is 0.267. The van der Waals surface area contributed by atoms with Crippen molar-refractivity contribution >= 4 is 28.8 Å². The largest absolute Gasteiger partial charge is 0.366 e. The average Bonchev–Trinajstić information content (AvgIpc) is 2.88. The Morgan fingerprint density at radius 2 is 2.00 bits per heavy atom. The number of rotatable bonds is 6. The number of carbonyl (C=O) groups excluding carboxylic acids is 1. The molecule has 0 atom stereocenters. The molecule has 0 bridgehead atoms. The summed E-state index contributed by atoms with van der Waals surface area (Å²) >= 11 is 7.96. The maximum Gasteiger partial charge on any atom is 0.248 e. The Balaban J connectivity index is 1.92. The molecule has 0 fully saturated rings. The molecule has 0 saturated heterocycles. The molecule has 0 unspecified atom stereocenters. The van der Waals surface area contributed by atoms with E-state index in [2.05, 4.69) is 24.4 Å². The van der Waals surface area contributed by atoms with Crippen molar-refractivity contribution in [1.29, 1.82) is 0 Å². The first-order chi connectivity index (χ1) is 9.60. The molecule has 106 valence electrons. The van der Waals surface area contributed by atoms with E-state index < -0.39 is 5.91 Å². The highest BCUT2D eigenvalue weighted by molar-refractivity contribution is 7.11. The minimum Gasteiger partial charge on any atom is -0.366 e. The van der Waals surface area contributed by atoms with E-state index >= 15 is 0 Å². The second kappa shape index (κ2) is 6.88. The topological polar surface area (TPSA) is 55.1 Å². The van der Waals surface area contributed by atoms with Gasteiger partial charge in [0.1, 0.15) is 0 Å². The molecule has 0 aliphatic rings. The van der Waals surface area contributed by atoms with Crippen LogP contribution in [0, 0.1) is 0 Å². The lowest BCUT2D eigenvalue weighted by atomic mass is 10.1. The van der Waals surface area contributed by atoms with Crippen molar-refractivity contribution in [3.63, 3.8) is 0 Å². The Kier molecular flexibility index (Phi) is 5.17. The molecule has 3 N–H and O–H groups in total. The molecule has 1 amide bonds. The molecule has 20 heavy (non-hydrogen) atoms. The third-order valence-corrected chi connectivity index (χ3v) is 4.60. The van der Waals surface area contributed by atoms with Gasteiger partial charge in [-0.2, -0.15) is 0 Å². The van der Waals surface area contributed by atoms with Crippen molar-refractivity contribution in [3.8, 4) is 0 Å². The summed E-state index contributed by atoms with van der Waals surface area (Å²) in [5.74, 6) is -0.461. The number of carbonyl (C=O) groups is 1. The molecule has 1 aromatic carbocycles. The van der Waals surface area contributed by atoms with Crippen LogP contribution in [0.25, 0.3) is 0 Å². The van der Waals surface area contributed by atoms with Crippen molar-refractivity contribution in [2.75, 3.05) is 0 Å². The monoisotopic (exact) mass is 308 g/mol. The van der Waals surface area contributed by atoms with E-state index in [9.17, 15) is 4.79 Å². The first kappa shape index (κ1) is 15.0. The fourth-order valence-corrected chi connectivity index (χ4v) is 3.05. The molecule has 0 radical (unpaired) electrons. The second-order valence-corrected chi connectivity index (χ2v) is 6.16. The number of nitrogens with one attached hydrogen (secondary N) is 1. The Hall–Kier alpha value is -1.36. The van der Waals surface area contributed by atoms with E-state index in [1.807, 2.05) is 17.4 Å². The number of thiophene rings is 1. The first-order valence-electron chi connectivity index (χ1n) is 6.46. The number of aryl methyl sites for hydroxylation is 1. The normalized spacial score (nSPS) is 10.7. The van der Waals surface area contributed by atoms with Gasteiger partial charge in [-0.25, -0.2) is 0 Å². The van der Waals surface area contributed by atoms with Crippen LogP contribution in [-0.2, 0) is 19.5 Å². The maximum atomic E-state index is 11.0. The zero-order valence-corrected chi connectivity index (χ0v) is 12.9. The zero-order chi connectivity index (χ0) is 14.5. The summed E-state index contributed by atoms with van der Waals surface area (Å²) in [5, 5.41) is 3.92. The molecule has 0 aliphatic carbocycles. The van der Waals surface area contributed by atoms with Crippen LogP contribution in [-0.4, -0.2) is 5.91 Å². The summed E-state index contributed by atoms with van der Waals surface area (Å²) in [4.78, 5) is 13.7. The van der Waals surface area contributed by atoms with E-state index in [-0.39, 0.29) is 0 Å². The minimum absolute atomic E-state index is 0.435. The lowest BCUT2D eigenvalue weighted by Crippen LogP contribution is -2.14. The number of hydrogen-bond acceptors (Lipinski definition) is 3. The Morgan fingerprint density at radius 3 is 2.60 bits per heavy atom. The van der Waals surface area contributed by atoms with Crippen LogP contribution in [0.3, 0.4) is 0 Å². The summed E-state index contributed by atoms with van der Waals surface area (Å²) < 4.78 is 0. The van der Waals surface area contributed by atoms with Crippen molar-refractivity contribution in [2.45, 2.75) is 26.4 Å². The van der Waals surface area contributed by atoms with Crippen LogP contribution in [0.2, 0.25) is 5.02 Å². The van der Waals surface area contributed by atoms with Crippen molar-refractivity contribution in [3.05, 3.63) is 56.2 Å². The number of primary amides is 1. The van der Waals surface area contributed by atoms with Crippen LogP contribution in [0.1, 0.15) is 32.6 Å². The van der Waals surface area contributed by atoms with Gasteiger partial charge in [-0.1, -0.05) is 24.6 Å². The molecule has 1 aromatic heterocycles. The van der Waals surface area contributed by atoms with Gasteiger partial charge in [-0.05, 0) is 36.2 Å². The van der Waals surface area contributed by atoms with Crippen LogP contribution in [0.4, 0.5) is 0 Å². The predicted octanol–water partition coefficient (Wildman–Crippen LogP) is 3.35. The van der Waals surface area contributed by atoms with Gasteiger partial charge in [0.05, 0.1) is 0 Å². The highest BCUT2D eigenvalue weighted by Crippen LogP contribution is 2.19. The van der Waals surface area contributed by atoms with Gasteiger partial charge in [0.2, 0.25) is 5.91 Å². The number of nitrogens with two attached hydrogens (primary N) is 1. The predicted molar refractivity (Wildman–Crippen MR) is 84.2 cm³/mol. The first-order valence-corrected chi connectivity index (χ1v) is 7.66. The van der Waals surface area contributed by atoms with Crippen molar-refractivity contribution < 1.29 is 4.79 Å². The SMILES string of the molecule is CCc1ccc(CNCc2ccc(C(N)=O)cc2Cl)s1. The minimum atomic E-state index is -0.461. The van der Waals surface area contributed by atoms with Gasteiger partial charge < -0.3 is 11.1 Å². The molecular weight excluding hydrogens is 292 g/mol. The number of hydrogen-bond donors (Lipinski definition) is 2. The molecule has 0 saturated carbocycles. The molecule has 2 rings (SSSR count). The Morgan fingerprint density at radius 1 is 1.25 bits per heavy atom. The molecular formula is C15H17ClN2OS. The van der Waals surface area contributed by atoms with Gasteiger partial charge in [-0.15, -0.1) is 11.3 Å². The molecule has 2 aromatic rings. The van der Waals surface area contributed by atoms with Crippen LogP contribution in [0.5, 0.6) is 0 Å². The van der Waals surface area contributed by atoms with E-state index in [1.54, 1.807) is 12.1 Å². The van der Waals surface area contributed by atoms with Gasteiger partial charge in [0, 0.05) is 33.4 Å². The number of benzene rings is 1. The maximum absolute atomic E-state index is 11.0. The van der Waals surface area contributed by atoms with Crippen LogP contribution in [0.15, 0.2) is 30.3 Å². The summed E-state index contributed by atoms with van der Waals surface area (Å²) in [7, 11) is 0. The zero-order valence-electron chi connectivity index (χ0n) is 11.3. The van der Waals surface area contributed by atoms with Crippen molar-refractivity contribution in [1.82, 2.24) is 5.32 Å². The number of amides is 1. The summed E-state index contributed by atoms with van der Waals surface area (Å²) in [6.45, 7) is 3.64. The van der Waals surface area contributed by atoms with Gasteiger partial charge in [-0.3, -0.25) is 4.79 Å². The highest BCUT2D eigenvalue weighted by Gasteiger charge is 2.06. The van der Waals surface area contributed by atoms with Crippen LogP contribution >= 0.6 is 22.9 Å². The Labute approximate surface area is 127 Å². The lowest BCUT2D eigenvalue weighted by molar-refractivity contribution is 0.100. The lowest BCUT2D eigenvalue weighted by Gasteiger charge is -2.07. The average molecular weight is 309 g/mol. The third kappa shape index (κ3) is 3.82. The van der Waals surface area contributed by atoms with E-state index in [0.29, 0.717) is 17.1 Å². The fourth-order valence-electron chi connectivity index (χ4n) is 1.87. The molecule has 5 heteroatoms. The molecule has 0 spiro atoms. The second-order valence-electron chi connectivity index (χ2n) is 4.50. The van der Waals surface area contributed by atoms with Gasteiger partial charge >= 0.3 is 0 Å². The molecule has 0 aliphatic heterocycles. The Bertz CT molecular complexity index is 610. The quantitative estimate of drug-likeness (QED) is 0.860. The van der Waals surface area contributed by atoms with Crippen molar-refractivity contribution in [2.24, 2.45) is 5.73 Å². The number of halogens is 1. The third-order valence-electron chi connectivity index (χ3n) is 3.02. The van der Waals surface area contributed by atoms with E-state index in [4.69, 9.17) is 17.3 Å². The smallest absolute Gasteiger partial charge is 0.248 e. The van der Waals surface area contributed by atoms with E-state index in [0.717, 1.165) is 18.5 Å².